The first kappa shape index (κ1) is 30.2. The number of amides is 2. The van der Waals surface area contributed by atoms with E-state index in [4.69, 9.17) is 11.6 Å². The van der Waals surface area contributed by atoms with E-state index in [-0.39, 0.29) is 24.9 Å². The minimum absolute atomic E-state index is 0.0338. The number of carbonyl (C=O) groups excluding carboxylic acids is 2. The summed E-state index contributed by atoms with van der Waals surface area (Å²) in [5, 5.41) is 3.38. The molecule has 3 rings (SSSR count). The Kier molecular flexibility index (Phi) is 10.2. The second-order valence-electron chi connectivity index (χ2n) is 10.0. The average Bonchev–Trinajstić information content (AvgIpc) is 2.87. The summed E-state index contributed by atoms with van der Waals surface area (Å²) in [6.45, 7) is 7.09. The number of benzene rings is 3. The Labute approximate surface area is 236 Å². The first-order chi connectivity index (χ1) is 18.4. The van der Waals surface area contributed by atoms with Crippen LogP contribution in [0, 0.1) is 13.8 Å². The van der Waals surface area contributed by atoms with Crippen molar-refractivity contribution < 1.29 is 18.0 Å². The first-order valence-electron chi connectivity index (χ1n) is 12.8. The van der Waals surface area contributed by atoms with Gasteiger partial charge in [0.2, 0.25) is 21.8 Å². The van der Waals surface area contributed by atoms with E-state index in [0.717, 1.165) is 27.3 Å². The van der Waals surface area contributed by atoms with Crippen LogP contribution in [0.5, 0.6) is 0 Å². The van der Waals surface area contributed by atoms with Crippen molar-refractivity contribution in [2.24, 2.45) is 0 Å². The molecule has 0 aromatic heterocycles. The predicted octanol–water partition coefficient (Wildman–Crippen LogP) is 4.89. The third kappa shape index (κ3) is 8.31. The van der Waals surface area contributed by atoms with Crippen molar-refractivity contribution >= 4 is 39.1 Å². The number of aryl methyl sites for hydroxylation is 2. The van der Waals surface area contributed by atoms with Gasteiger partial charge >= 0.3 is 0 Å². The average molecular weight is 570 g/mol. The normalized spacial score (nSPS) is 12.2. The van der Waals surface area contributed by atoms with E-state index in [0.29, 0.717) is 16.3 Å². The Bertz CT molecular complexity index is 1410. The lowest BCUT2D eigenvalue weighted by Gasteiger charge is -2.34. The van der Waals surface area contributed by atoms with Crippen LogP contribution in [0.25, 0.3) is 0 Å². The second kappa shape index (κ2) is 13.1. The zero-order valence-corrected chi connectivity index (χ0v) is 24.6. The van der Waals surface area contributed by atoms with Crippen molar-refractivity contribution in [1.29, 1.82) is 0 Å². The van der Waals surface area contributed by atoms with E-state index in [1.54, 1.807) is 30.3 Å². The van der Waals surface area contributed by atoms with E-state index in [2.05, 4.69) is 5.32 Å². The quantitative estimate of drug-likeness (QED) is 0.356. The largest absolute Gasteiger partial charge is 0.352 e. The van der Waals surface area contributed by atoms with Gasteiger partial charge in [0, 0.05) is 24.0 Å². The third-order valence-electron chi connectivity index (χ3n) is 6.46. The fourth-order valence-electron chi connectivity index (χ4n) is 4.24. The maximum atomic E-state index is 14.1. The zero-order chi connectivity index (χ0) is 28.7. The van der Waals surface area contributed by atoms with Gasteiger partial charge in [-0.25, -0.2) is 8.42 Å². The van der Waals surface area contributed by atoms with Gasteiger partial charge in [0.25, 0.3) is 0 Å². The number of nitrogens with one attached hydrogen (secondary N) is 1. The van der Waals surface area contributed by atoms with E-state index < -0.39 is 28.5 Å². The number of nitrogens with zero attached hydrogens (tertiary/aromatic N) is 2. The van der Waals surface area contributed by atoms with Gasteiger partial charge in [0.15, 0.2) is 0 Å². The lowest BCUT2D eigenvalue weighted by atomic mass is 10.0. The van der Waals surface area contributed by atoms with Crippen molar-refractivity contribution in [3.05, 3.63) is 100 Å². The molecule has 3 aromatic rings. The molecule has 0 aliphatic rings. The summed E-state index contributed by atoms with van der Waals surface area (Å²) in [5.74, 6) is -0.843. The summed E-state index contributed by atoms with van der Waals surface area (Å²) >= 11 is 6.46. The van der Waals surface area contributed by atoms with Crippen molar-refractivity contribution in [2.75, 3.05) is 17.1 Å². The number of carbonyl (C=O) groups is 2. The summed E-state index contributed by atoms with van der Waals surface area (Å²) in [6, 6.07) is 20.7. The fourth-order valence-corrected chi connectivity index (χ4v) is 5.28. The van der Waals surface area contributed by atoms with Gasteiger partial charge in [0.05, 0.1) is 11.9 Å². The molecule has 7 nitrogen and oxygen atoms in total. The standard InChI is InChI=1S/C30H36ClN3O4S/c1-21(2)32-30(36)28(18-24-11-7-6-8-12-24)33(19-25-13-9-10-14-27(25)31)29(35)20-34(39(5,37)38)26-16-15-22(3)23(4)17-26/h6-17,21,28H,18-20H2,1-5H3,(H,32,36)/t28-/m1/s1. The summed E-state index contributed by atoms with van der Waals surface area (Å²) in [5.41, 5.74) is 3.82. The highest BCUT2D eigenvalue weighted by Gasteiger charge is 2.33. The van der Waals surface area contributed by atoms with Crippen LogP contribution < -0.4 is 9.62 Å². The lowest BCUT2D eigenvalue weighted by molar-refractivity contribution is -0.140. The molecule has 0 saturated heterocycles. The van der Waals surface area contributed by atoms with Crippen molar-refractivity contribution in [3.63, 3.8) is 0 Å². The van der Waals surface area contributed by atoms with E-state index in [1.807, 2.05) is 70.2 Å². The van der Waals surface area contributed by atoms with Crippen LogP contribution in [0.3, 0.4) is 0 Å². The molecule has 0 spiro atoms. The van der Waals surface area contributed by atoms with Gasteiger partial charge in [-0.2, -0.15) is 0 Å². The number of hydrogen-bond donors (Lipinski definition) is 1. The molecule has 3 aromatic carbocycles. The molecule has 0 aliphatic carbocycles. The number of anilines is 1. The summed E-state index contributed by atoms with van der Waals surface area (Å²) in [6.07, 6.45) is 1.32. The molecule has 0 radical (unpaired) electrons. The van der Waals surface area contributed by atoms with Gasteiger partial charge in [-0.1, -0.05) is 66.2 Å². The van der Waals surface area contributed by atoms with Gasteiger partial charge < -0.3 is 10.2 Å². The van der Waals surface area contributed by atoms with Crippen molar-refractivity contribution in [3.8, 4) is 0 Å². The molecule has 2 amide bonds. The molecule has 0 bridgehead atoms. The highest BCUT2D eigenvalue weighted by molar-refractivity contribution is 7.92. The van der Waals surface area contributed by atoms with Gasteiger partial charge in [-0.3, -0.25) is 13.9 Å². The summed E-state index contributed by atoms with van der Waals surface area (Å²) in [7, 11) is -3.82. The Morgan fingerprint density at radius 3 is 2.15 bits per heavy atom. The van der Waals surface area contributed by atoms with Crippen LogP contribution in [-0.2, 0) is 32.6 Å². The van der Waals surface area contributed by atoms with Crippen LogP contribution in [0.4, 0.5) is 5.69 Å². The van der Waals surface area contributed by atoms with E-state index in [1.165, 1.54) is 4.90 Å². The molecule has 39 heavy (non-hydrogen) atoms. The first-order valence-corrected chi connectivity index (χ1v) is 15.0. The van der Waals surface area contributed by atoms with Crippen LogP contribution in [0.15, 0.2) is 72.8 Å². The van der Waals surface area contributed by atoms with Gasteiger partial charge in [0.1, 0.15) is 12.6 Å². The Hall–Kier alpha value is -3.36. The molecule has 0 unspecified atom stereocenters. The Morgan fingerprint density at radius 2 is 1.56 bits per heavy atom. The maximum Gasteiger partial charge on any atom is 0.244 e. The molecule has 1 N–H and O–H groups in total. The fraction of sp³-hybridized carbons (Fsp3) is 0.333. The summed E-state index contributed by atoms with van der Waals surface area (Å²) in [4.78, 5) is 29.0. The number of hydrogen-bond acceptors (Lipinski definition) is 4. The SMILES string of the molecule is Cc1ccc(N(CC(=O)N(Cc2ccccc2Cl)[C@H](Cc2ccccc2)C(=O)NC(C)C)S(C)(=O)=O)cc1C. The van der Waals surface area contributed by atoms with Crippen LogP contribution in [0.2, 0.25) is 5.02 Å². The monoisotopic (exact) mass is 569 g/mol. The number of sulfonamides is 1. The molecule has 0 heterocycles. The van der Waals surface area contributed by atoms with Crippen LogP contribution in [0.1, 0.15) is 36.1 Å². The molecule has 9 heteroatoms. The second-order valence-corrected chi connectivity index (χ2v) is 12.3. The maximum absolute atomic E-state index is 14.1. The minimum atomic E-state index is -3.82. The lowest BCUT2D eigenvalue weighted by Crippen LogP contribution is -2.54. The van der Waals surface area contributed by atoms with Crippen LogP contribution >= 0.6 is 11.6 Å². The van der Waals surface area contributed by atoms with E-state index >= 15 is 0 Å². The molecule has 0 aliphatic heterocycles. The highest BCUT2D eigenvalue weighted by Crippen LogP contribution is 2.24. The van der Waals surface area contributed by atoms with Crippen molar-refractivity contribution in [2.45, 2.75) is 52.7 Å². The Balaban J connectivity index is 2.08. The number of halogens is 1. The molecule has 208 valence electrons. The topological polar surface area (TPSA) is 86.8 Å². The molecule has 0 saturated carbocycles. The predicted molar refractivity (Wildman–Crippen MR) is 157 cm³/mol. The zero-order valence-electron chi connectivity index (χ0n) is 23.0. The molecular formula is C30H36ClN3O4S. The third-order valence-corrected chi connectivity index (χ3v) is 7.97. The highest BCUT2D eigenvalue weighted by atomic mass is 35.5. The smallest absolute Gasteiger partial charge is 0.244 e. The molecule has 0 fully saturated rings. The Morgan fingerprint density at radius 1 is 0.923 bits per heavy atom. The van der Waals surface area contributed by atoms with Crippen molar-refractivity contribution in [1.82, 2.24) is 10.2 Å². The minimum Gasteiger partial charge on any atom is -0.352 e. The van der Waals surface area contributed by atoms with Gasteiger partial charge in [-0.05, 0) is 68.1 Å². The molecule has 1 atom stereocenters. The summed E-state index contributed by atoms with van der Waals surface area (Å²) < 4.78 is 26.9. The van der Waals surface area contributed by atoms with E-state index in [9.17, 15) is 18.0 Å². The number of rotatable bonds is 11. The molecular weight excluding hydrogens is 534 g/mol. The van der Waals surface area contributed by atoms with Gasteiger partial charge in [-0.15, -0.1) is 0 Å². The van der Waals surface area contributed by atoms with Crippen LogP contribution in [-0.4, -0.2) is 50.0 Å².